The van der Waals surface area contributed by atoms with Crippen molar-refractivity contribution < 1.29 is 9.53 Å². The molecule has 0 radical (unpaired) electrons. The van der Waals surface area contributed by atoms with Crippen molar-refractivity contribution in [2.24, 2.45) is 5.92 Å². The fourth-order valence-electron chi connectivity index (χ4n) is 3.56. The Hall–Kier alpha value is -2.30. The van der Waals surface area contributed by atoms with E-state index in [1.165, 1.54) is 24.1 Å². The molecule has 0 bridgehead atoms. The van der Waals surface area contributed by atoms with Gasteiger partial charge in [-0.2, -0.15) is 5.10 Å². The maximum atomic E-state index is 12.6. The monoisotopic (exact) mass is 353 g/mol. The Morgan fingerprint density at radius 3 is 2.81 bits per heavy atom. The fraction of sp³-hybridized carbons (Fsp3) is 0.524. The minimum absolute atomic E-state index is 0.0891. The molecule has 1 atom stereocenters. The van der Waals surface area contributed by atoms with E-state index in [1.54, 1.807) is 0 Å². The molecule has 0 saturated heterocycles. The number of rotatable bonds is 4. The van der Waals surface area contributed by atoms with Crippen LogP contribution in [0.2, 0.25) is 0 Å². The van der Waals surface area contributed by atoms with E-state index < -0.39 is 0 Å². The van der Waals surface area contributed by atoms with E-state index in [4.69, 9.17) is 4.74 Å². The van der Waals surface area contributed by atoms with Gasteiger partial charge in [-0.15, -0.1) is 0 Å². The molecule has 5 nitrogen and oxygen atoms in total. The maximum Gasteiger partial charge on any atom is 0.271 e. The second kappa shape index (κ2) is 6.45. The highest BCUT2D eigenvalue weighted by atomic mass is 16.5. The van der Waals surface area contributed by atoms with Crippen LogP contribution in [-0.4, -0.2) is 28.8 Å². The van der Waals surface area contributed by atoms with E-state index in [-0.39, 0.29) is 11.4 Å². The van der Waals surface area contributed by atoms with Crippen LogP contribution in [0.3, 0.4) is 0 Å². The van der Waals surface area contributed by atoms with Gasteiger partial charge in [0.15, 0.2) is 0 Å². The average molecular weight is 353 g/mol. The third kappa shape index (κ3) is 3.48. The second-order valence-corrected chi connectivity index (χ2v) is 8.51. The molecule has 26 heavy (non-hydrogen) atoms. The van der Waals surface area contributed by atoms with E-state index >= 15 is 0 Å². The molecule has 1 N–H and O–H groups in total. The predicted molar refractivity (Wildman–Crippen MR) is 101 cm³/mol. The summed E-state index contributed by atoms with van der Waals surface area (Å²) in [6, 6.07) is 10.1. The minimum Gasteiger partial charge on any atom is -0.493 e. The van der Waals surface area contributed by atoms with Crippen LogP contribution in [-0.2, 0) is 12.0 Å². The van der Waals surface area contributed by atoms with Crippen LogP contribution < -0.4 is 10.1 Å². The first-order valence-electron chi connectivity index (χ1n) is 9.51. The maximum absolute atomic E-state index is 12.6. The highest BCUT2D eigenvalue weighted by molar-refractivity contribution is 5.92. The van der Waals surface area contributed by atoms with Crippen molar-refractivity contribution in [1.82, 2.24) is 15.1 Å². The fourth-order valence-corrected chi connectivity index (χ4v) is 3.56. The molecule has 2 aromatic rings. The molecular formula is C21H27N3O2. The Kier molecular flexibility index (Phi) is 4.25. The third-order valence-corrected chi connectivity index (χ3v) is 5.11. The number of hydrogen-bond donors (Lipinski definition) is 1. The first-order chi connectivity index (χ1) is 12.4. The molecule has 2 aliphatic rings. The zero-order valence-electron chi connectivity index (χ0n) is 15.8. The van der Waals surface area contributed by atoms with Crippen LogP contribution in [0.15, 0.2) is 30.3 Å². The summed E-state index contributed by atoms with van der Waals surface area (Å²) in [6.45, 7) is 7.63. The lowest BCUT2D eigenvalue weighted by molar-refractivity contribution is 0.0932. The van der Waals surface area contributed by atoms with Gasteiger partial charge in [-0.3, -0.25) is 9.48 Å². The van der Waals surface area contributed by atoms with Crippen molar-refractivity contribution in [3.05, 3.63) is 47.3 Å². The average Bonchev–Trinajstić information content (AvgIpc) is 3.36. The Labute approximate surface area is 154 Å². The van der Waals surface area contributed by atoms with E-state index in [9.17, 15) is 4.79 Å². The largest absolute Gasteiger partial charge is 0.493 e. The zero-order chi connectivity index (χ0) is 18.3. The minimum atomic E-state index is -0.114. The van der Waals surface area contributed by atoms with Gasteiger partial charge in [0.2, 0.25) is 0 Å². The van der Waals surface area contributed by atoms with Crippen molar-refractivity contribution in [2.45, 2.75) is 51.5 Å². The van der Waals surface area contributed by atoms with Gasteiger partial charge >= 0.3 is 0 Å². The Balaban J connectivity index is 1.41. The number of aromatic nitrogens is 2. The summed E-state index contributed by atoms with van der Waals surface area (Å²) in [6.07, 6.45) is 3.32. The van der Waals surface area contributed by atoms with E-state index in [2.05, 4.69) is 37.3 Å². The van der Waals surface area contributed by atoms with E-state index in [0.717, 1.165) is 12.2 Å². The number of para-hydroxylation sites is 1. The summed E-state index contributed by atoms with van der Waals surface area (Å²) in [7, 11) is 0. The molecule has 1 amide bonds. The van der Waals surface area contributed by atoms with E-state index in [1.807, 2.05) is 28.9 Å². The molecule has 1 aliphatic carbocycles. The molecule has 1 fully saturated rings. The second-order valence-electron chi connectivity index (χ2n) is 8.51. The van der Waals surface area contributed by atoms with Gasteiger partial charge in [-0.05, 0) is 57.7 Å². The summed E-state index contributed by atoms with van der Waals surface area (Å²) < 4.78 is 7.84. The molecule has 1 aromatic heterocycles. The Morgan fingerprint density at radius 1 is 1.31 bits per heavy atom. The number of benzene rings is 1. The van der Waals surface area contributed by atoms with Crippen LogP contribution in [0.1, 0.15) is 61.3 Å². The Morgan fingerprint density at radius 2 is 2.08 bits per heavy atom. The number of carbonyl (C=O) groups is 1. The number of carbonyl (C=O) groups excluding carboxylic acids is 1. The van der Waals surface area contributed by atoms with Crippen molar-refractivity contribution in [1.29, 1.82) is 0 Å². The molecule has 4 rings (SSSR count). The molecule has 0 spiro atoms. The molecular weight excluding hydrogens is 326 g/mol. The van der Waals surface area contributed by atoms with Gasteiger partial charge in [0.25, 0.3) is 5.91 Å². The summed E-state index contributed by atoms with van der Waals surface area (Å²) in [5, 5.41) is 7.67. The summed E-state index contributed by atoms with van der Waals surface area (Å²) >= 11 is 0. The molecule has 1 aliphatic heterocycles. The smallest absolute Gasteiger partial charge is 0.271 e. The highest BCUT2D eigenvalue weighted by Crippen LogP contribution is 2.41. The van der Waals surface area contributed by atoms with Gasteiger partial charge in [0.1, 0.15) is 11.4 Å². The van der Waals surface area contributed by atoms with Crippen LogP contribution in [0.5, 0.6) is 5.75 Å². The number of amides is 1. The van der Waals surface area contributed by atoms with Crippen LogP contribution in [0.25, 0.3) is 0 Å². The van der Waals surface area contributed by atoms with E-state index in [0.29, 0.717) is 30.7 Å². The van der Waals surface area contributed by atoms with Gasteiger partial charge < -0.3 is 10.1 Å². The summed E-state index contributed by atoms with van der Waals surface area (Å²) in [5.41, 5.74) is 2.82. The molecule has 2 heterocycles. The lowest BCUT2D eigenvalue weighted by atomic mass is 9.97. The van der Waals surface area contributed by atoms with Gasteiger partial charge in [0.05, 0.1) is 12.1 Å². The number of fused-ring (bicyclic) bond motifs is 1. The molecule has 1 saturated carbocycles. The number of nitrogens with zero attached hydrogens (tertiary/aromatic N) is 2. The normalized spacial score (nSPS) is 19.6. The topological polar surface area (TPSA) is 56.2 Å². The lowest BCUT2D eigenvalue weighted by Crippen LogP contribution is -2.35. The zero-order valence-corrected chi connectivity index (χ0v) is 15.8. The van der Waals surface area contributed by atoms with Gasteiger partial charge in [-0.1, -0.05) is 18.2 Å². The number of hydrogen-bond acceptors (Lipinski definition) is 3. The first kappa shape index (κ1) is 17.1. The first-order valence-corrected chi connectivity index (χ1v) is 9.51. The molecule has 1 aromatic carbocycles. The highest BCUT2D eigenvalue weighted by Gasteiger charge is 2.32. The SMILES string of the molecule is CC(C)(C)n1nc(C(=O)NC[C@@H]2COc3ccccc3C2)cc1C1CC1. The standard InChI is InChI=1S/C21H27N3O2/c1-21(2,3)24-18(15-8-9-15)11-17(23-24)20(25)22-12-14-10-16-6-4-5-7-19(16)26-13-14/h4-7,11,14-15H,8-10,12-13H2,1-3H3,(H,22,25)/t14-/m1/s1. The van der Waals surface area contributed by atoms with Crippen molar-refractivity contribution in [3.63, 3.8) is 0 Å². The predicted octanol–water partition coefficient (Wildman–Crippen LogP) is 3.50. The number of nitrogens with one attached hydrogen (secondary N) is 1. The quantitative estimate of drug-likeness (QED) is 0.915. The van der Waals surface area contributed by atoms with Crippen LogP contribution in [0.4, 0.5) is 0 Å². The van der Waals surface area contributed by atoms with Crippen molar-refractivity contribution in [3.8, 4) is 5.75 Å². The molecule has 5 heteroatoms. The van der Waals surface area contributed by atoms with Crippen molar-refractivity contribution in [2.75, 3.05) is 13.2 Å². The molecule has 138 valence electrons. The molecule has 0 unspecified atom stereocenters. The van der Waals surface area contributed by atoms with Crippen LogP contribution >= 0.6 is 0 Å². The van der Waals surface area contributed by atoms with Crippen LogP contribution in [0, 0.1) is 5.92 Å². The summed E-state index contributed by atoms with van der Waals surface area (Å²) in [5.74, 6) is 1.73. The Bertz CT molecular complexity index is 815. The lowest BCUT2D eigenvalue weighted by Gasteiger charge is -2.25. The van der Waals surface area contributed by atoms with Gasteiger partial charge in [0, 0.05) is 24.1 Å². The van der Waals surface area contributed by atoms with Gasteiger partial charge in [-0.25, -0.2) is 0 Å². The summed E-state index contributed by atoms with van der Waals surface area (Å²) in [4.78, 5) is 12.6. The number of ether oxygens (including phenoxy) is 1. The van der Waals surface area contributed by atoms with Crippen molar-refractivity contribution >= 4 is 5.91 Å². The third-order valence-electron chi connectivity index (χ3n) is 5.11.